The summed E-state index contributed by atoms with van der Waals surface area (Å²) in [6.07, 6.45) is -0.647. The lowest BCUT2D eigenvalue weighted by atomic mass is 10.1. The van der Waals surface area contributed by atoms with Gasteiger partial charge in [-0.2, -0.15) is 5.01 Å². The molecule has 0 spiro atoms. The molecule has 0 radical (unpaired) electrons. The normalized spacial score (nSPS) is 18.2. The van der Waals surface area contributed by atoms with E-state index in [-0.39, 0.29) is 5.91 Å². The van der Waals surface area contributed by atoms with E-state index in [0.717, 1.165) is 5.56 Å². The number of methoxy groups -OCH3 is 1. The van der Waals surface area contributed by atoms with E-state index in [2.05, 4.69) is 5.10 Å². The van der Waals surface area contributed by atoms with Gasteiger partial charge in [0.05, 0.1) is 7.11 Å². The van der Waals surface area contributed by atoms with Crippen molar-refractivity contribution in [2.45, 2.75) is 13.2 Å². The average Bonchev–Trinajstić information content (AvgIpc) is 3.13. The van der Waals surface area contributed by atoms with E-state index in [1.807, 2.05) is 36.4 Å². The fourth-order valence-corrected chi connectivity index (χ4v) is 2.87. The third-order valence-corrected chi connectivity index (χ3v) is 4.13. The molecule has 0 saturated heterocycles. The van der Waals surface area contributed by atoms with Gasteiger partial charge in [-0.15, -0.1) is 5.10 Å². The van der Waals surface area contributed by atoms with Gasteiger partial charge in [0.25, 0.3) is 0 Å². The number of rotatable bonds is 3. The Bertz CT molecular complexity index is 880. The number of carbonyl (C=O) groups is 1. The van der Waals surface area contributed by atoms with Crippen molar-refractivity contribution in [3.63, 3.8) is 0 Å². The minimum Gasteiger partial charge on any atom is -0.497 e. The number of hydrogen-bond acceptors (Lipinski definition) is 6. The first-order valence-corrected chi connectivity index (χ1v) is 8.25. The van der Waals surface area contributed by atoms with Crippen LogP contribution in [0.2, 0.25) is 0 Å². The summed E-state index contributed by atoms with van der Waals surface area (Å²) in [6.45, 7) is 2.47. The molecule has 7 heteroatoms. The van der Waals surface area contributed by atoms with Gasteiger partial charge >= 0.3 is 0 Å². The Labute approximate surface area is 150 Å². The van der Waals surface area contributed by atoms with Crippen LogP contribution < -0.4 is 14.2 Å². The second-order valence-electron chi connectivity index (χ2n) is 5.87. The van der Waals surface area contributed by atoms with Crippen molar-refractivity contribution >= 4 is 11.8 Å². The smallest absolute Gasteiger partial charge is 0.243 e. The number of benzene rings is 2. The van der Waals surface area contributed by atoms with Gasteiger partial charge < -0.3 is 18.9 Å². The van der Waals surface area contributed by atoms with Gasteiger partial charge in [0.15, 0.2) is 11.5 Å². The van der Waals surface area contributed by atoms with Crippen molar-refractivity contribution in [2.75, 3.05) is 20.3 Å². The first kappa shape index (κ1) is 16.3. The third kappa shape index (κ3) is 2.92. The molecule has 7 nitrogen and oxygen atoms in total. The molecular weight excluding hydrogens is 336 g/mol. The van der Waals surface area contributed by atoms with Crippen LogP contribution in [0.3, 0.4) is 0 Å². The number of nitrogens with zero attached hydrogens (tertiary/aromatic N) is 2. The van der Waals surface area contributed by atoms with Gasteiger partial charge in [-0.25, -0.2) is 0 Å². The molecule has 0 fully saturated rings. The molecule has 0 aliphatic carbocycles. The number of carbonyl (C=O) groups excluding carboxylic acids is 1. The van der Waals surface area contributed by atoms with Crippen molar-refractivity contribution in [3.05, 3.63) is 53.6 Å². The van der Waals surface area contributed by atoms with Crippen LogP contribution in [0.1, 0.15) is 24.3 Å². The van der Waals surface area contributed by atoms with Crippen LogP contribution in [0.4, 0.5) is 0 Å². The Morgan fingerprint density at radius 1 is 1.15 bits per heavy atom. The summed E-state index contributed by atoms with van der Waals surface area (Å²) in [5.41, 5.74) is 1.49. The molecule has 1 atom stereocenters. The molecule has 1 unspecified atom stereocenters. The van der Waals surface area contributed by atoms with Gasteiger partial charge in [-0.05, 0) is 30.3 Å². The number of hydrazone groups is 1. The van der Waals surface area contributed by atoms with Crippen molar-refractivity contribution in [2.24, 2.45) is 5.10 Å². The number of hydrogen-bond donors (Lipinski definition) is 0. The predicted octanol–water partition coefficient (Wildman–Crippen LogP) is 2.71. The fraction of sp³-hybridized carbons (Fsp3) is 0.263. The van der Waals surface area contributed by atoms with Gasteiger partial charge in [0.1, 0.15) is 19.0 Å². The van der Waals surface area contributed by atoms with E-state index < -0.39 is 6.23 Å². The standard InChI is InChI=1S/C19H18N2O5/c1-12(22)21-19(14-4-3-5-15(10-14)23-2)26-18(20-21)13-6-7-16-17(11-13)25-9-8-24-16/h3-7,10-11,19H,8-9H2,1-2H3. The summed E-state index contributed by atoms with van der Waals surface area (Å²) in [7, 11) is 1.59. The van der Waals surface area contributed by atoms with Crippen LogP contribution in [0.5, 0.6) is 17.2 Å². The molecule has 4 rings (SSSR count). The van der Waals surface area contributed by atoms with E-state index in [4.69, 9.17) is 18.9 Å². The second kappa shape index (κ2) is 6.59. The molecule has 2 aromatic rings. The Hall–Kier alpha value is -3.22. The summed E-state index contributed by atoms with van der Waals surface area (Å²) in [6, 6.07) is 12.8. The van der Waals surface area contributed by atoms with E-state index in [1.165, 1.54) is 11.9 Å². The van der Waals surface area contributed by atoms with Crippen molar-refractivity contribution in [3.8, 4) is 17.2 Å². The maximum absolute atomic E-state index is 12.1. The van der Waals surface area contributed by atoms with E-state index in [1.54, 1.807) is 13.2 Å². The highest BCUT2D eigenvalue weighted by Crippen LogP contribution is 2.35. The molecule has 0 saturated carbocycles. The quantitative estimate of drug-likeness (QED) is 0.848. The molecule has 0 N–H and O–H groups in total. The van der Waals surface area contributed by atoms with Gasteiger partial charge in [0, 0.05) is 18.1 Å². The van der Waals surface area contributed by atoms with E-state index in [9.17, 15) is 4.79 Å². The SMILES string of the molecule is COc1cccc(C2OC(c3ccc4c(c3)OCCO4)=NN2C(C)=O)c1. The highest BCUT2D eigenvalue weighted by Gasteiger charge is 2.33. The Morgan fingerprint density at radius 3 is 2.73 bits per heavy atom. The van der Waals surface area contributed by atoms with Crippen LogP contribution in [0.25, 0.3) is 0 Å². The minimum atomic E-state index is -0.647. The number of fused-ring (bicyclic) bond motifs is 1. The zero-order valence-electron chi connectivity index (χ0n) is 14.5. The summed E-state index contributed by atoms with van der Waals surface area (Å²) < 4.78 is 22.4. The topological polar surface area (TPSA) is 69.6 Å². The first-order chi connectivity index (χ1) is 12.7. The molecule has 2 aromatic carbocycles. The van der Waals surface area contributed by atoms with E-state index in [0.29, 0.717) is 41.9 Å². The van der Waals surface area contributed by atoms with Crippen LogP contribution in [0, 0.1) is 0 Å². The highest BCUT2D eigenvalue weighted by molar-refractivity contribution is 5.97. The lowest BCUT2D eigenvalue weighted by molar-refractivity contribution is -0.135. The van der Waals surface area contributed by atoms with Gasteiger partial charge in [-0.3, -0.25) is 4.79 Å². The first-order valence-electron chi connectivity index (χ1n) is 8.25. The third-order valence-electron chi connectivity index (χ3n) is 4.13. The van der Waals surface area contributed by atoms with Crippen LogP contribution >= 0.6 is 0 Å². The molecule has 2 heterocycles. The Balaban J connectivity index is 1.66. The summed E-state index contributed by atoms with van der Waals surface area (Å²) in [4.78, 5) is 12.1. The van der Waals surface area contributed by atoms with Crippen LogP contribution in [0.15, 0.2) is 47.6 Å². The number of ether oxygens (including phenoxy) is 4. The van der Waals surface area contributed by atoms with Crippen molar-refractivity contribution < 1.29 is 23.7 Å². The average molecular weight is 354 g/mol. The minimum absolute atomic E-state index is 0.217. The second-order valence-corrected chi connectivity index (χ2v) is 5.87. The Kier molecular flexibility index (Phi) is 4.12. The zero-order chi connectivity index (χ0) is 18.1. The number of amides is 1. The van der Waals surface area contributed by atoms with Crippen molar-refractivity contribution in [1.29, 1.82) is 0 Å². The lowest BCUT2D eigenvalue weighted by Gasteiger charge is -2.20. The van der Waals surface area contributed by atoms with Crippen LogP contribution in [-0.2, 0) is 9.53 Å². The van der Waals surface area contributed by atoms with Crippen LogP contribution in [-0.4, -0.2) is 37.1 Å². The monoisotopic (exact) mass is 354 g/mol. The molecule has 2 aliphatic rings. The van der Waals surface area contributed by atoms with Crippen molar-refractivity contribution in [1.82, 2.24) is 5.01 Å². The highest BCUT2D eigenvalue weighted by atomic mass is 16.6. The molecular formula is C19H18N2O5. The lowest BCUT2D eigenvalue weighted by Crippen LogP contribution is -2.25. The van der Waals surface area contributed by atoms with Gasteiger partial charge in [-0.1, -0.05) is 12.1 Å². The maximum atomic E-state index is 12.1. The molecule has 0 bridgehead atoms. The molecule has 0 aromatic heterocycles. The molecule has 2 aliphatic heterocycles. The molecule has 26 heavy (non-hydrogen) atoms. The van der Waals surface area contributed by atoms with Gasteiger partial charge in [0.2, 0.25) is 18.0 Å². The molecule has 134 valence electrons. The maximum Gasteiger partial charge on any atom is 0.243 e. The zero-order valence-corrected chi connectivity index (χ0v) is 14.5. The summed E-state index contributed by atoms with van der Waals surface area (Å²) in [5.74, 6) is 2.14. The Morgan fingerprint density at radius 2 is 1.96 bits per heavy atom. The van der Waals surface area contributed by atoms with E-state index >= 15 is 0 Å². The fourth-order valence-electron chi connectivity index (χ4n) is 2.87. The molecule has 1 amide bonds. The summed E-state index contributed by atoms with van der Waals surface area (Å²) >= 11 is 0. The predicted molar refractivity (Wildman–Crippen MR) is 93.3 cm³/mol. The largest absolute Gasteiger partial charge is 0.497 e. The summed E-state index contributed by atoms with van der Waals surface area (Å²) in [5, 5.41) is 5.68.